The minimum Gasteiger partial charge on any atom is -0.494 e. The number of piperidine rings is 2. The standard InChI is InChI=1S/C21H32N2O2/c1-3-25-20-7-5-4-6-19(20)16-22-12-10-18(11-13-22)21(24)23-14-8-17(2)9-15-23/h4-7,17-18H,3,8-16H2,1-2H3. The molecule has 0 aliphatic carbocycles. The van der Waals surface area contributed by atoms with Crippen molar-refractivity contribution in [2.75, 3.05) is 32.8 Å². The van der Waals surface area contributed by atoms with Crippen molar-refractivity contribution in [1.29, 1.82) is 0 Å². The van der Waals surface area contributed by atoms with E-state index in [0.29, 0.717) is 12.5 Å². The van der Waals surface area contributed by atoms with E-state index in [2.05, 4.69) is 28.9 Å². The average Bonchev–Trinajstić information content (AvgIpc) is 2.64. The van der Waals surface area contributed by atoms with Crippen molar-refractivity contribution < 1.29 is 9.53 Å². The Bertz CT molecular complexity index is 559. The fraction of sp³-hybridized carbons (Fsp3) is 0.667. The molecule has 2 aliphatic rings. The van der Waals surface area contributed by atoms with E-state index in [4.69, 9.17) is 4.74 Å². The number of benzene rings is 1. The van der Waals surface area contributed by atoms with Crippen molar-refractivity contribution in [1.82, 2.24) is 9.80 Å². The summed E-state index contributed by atoms with van der Waals surface area (Å²) in [7, 11) is 0. The topological polar surface area (TPSA) is 32.8 Å². The van der Waals surface area contributed by atoms with Crippen molar-refractivity contribution in [3.63, 3.8) is 0 Å². The van der Waals surface area contributed by atoms with E-state index in [1.165, 1.54) is 18.4 Å². The van der Waals surface area contributed by atoms with Crippen LogP contribution in [0, 0.1) is 11.8 Å². The molecule has 2 saturated heterocycles. The average molecular weight is 344 g/mol. The smallest absolute Gasteiger partial charge is 0.225 e. The summed E-state index contributed by atoms with van der Waals surface area (Å²) in [6.45, 7) is 9.85. The van der Waals surface area contributed by atoms with Gasteiger partial charge in [-0.05, 0) is 57.7 Å². The second-order valence-electron chi connectivity index (χ2n) is 7.60. The van der Waals surface area contributed by atoms with Gasteiger partial charge >= 0.3 is 0 Å². The number of carbonyl (C=O) groups excluding carboxylic acids is 1. The van der Waals surface area contributed by atoms with E-state index in [1.54, 1.807) is 0 Å². The molecule has 2 heterocycles. The summed E-state index contributed by atoms with van der Waals surface area (Å²) in [6.07, 6.45) is 4.31. The molecular formula is C21H32N2O2. The molecule has 1 aromatic rings. The molecule has 3 rings (SSSR count). The van der Waals surface area contributed by atoms with Crippen LogP contribution >= 0.6 is 0 Å². The van der Waals surface area contributed by atoms with E-state index >= 15 is 0 Å². The Balaban J connectivity index is 1.49. The third kappa shape index (κ3) is 4.75. The van der Waals surface area contributed by atoms with Crippen LogP contribution in [-0.4, -0.2) is 48.5 Å². The maximum atomic E-state index is 12.8. The summed E-state index contributed by atoms with van der Waals surface area (Å²) in [5.41, 5.74) is 1.25. The van der Waals surface area contributed by atoms with E-state index in [1.807, 2.05) is 19.1 Å². The van der Waals surface area contributed by atoms with Crippen molar-refractivity contribution in [2.24, 2.45) is 11.8 Å². The van der Waals surface area contributed by atoms with Gasteiger partial charge in [-0.2, -0.15) is 0 Å². The van der Waals surface area contributed by atoms with Crippen LogP contribution in [-0.2, 0) is 11.3 Å². The van der Waals surface area contributed by atoms with Crippen molar-refractivity contribution >= 4 is 5.91 Å². The third-order valence-corrected chi connectivity index (χ3v) is 5.70. The zero-order chi connectivity index (χ0) is 17.6. The van der Waals surface area contributed by atoms with Gasteiger partial charge in [0.25, 0.3) is 0 Å². The van der Waals surface area contributed by atoms with Gasteiger partial charge in [0.1, 0.15) is 5.75 Å². The molecule has 0 bridgehead atoms. The van der Waals surface area contributed by atoms with Gasteiger partial charge in [-0.15, -0.1) is 0 Å². The van der Waals surface area contributed by atoms with E-state index in [9.17, 15) is 4.79 Å². The first kappa shape index (κ1) is 18.2. The monoisotopic (exact) mass is 344 g/mol. The Morgan fingerprint density at radius 3 is 2.44 bits per heavy atom. The van der Waals surface area contributed by atoms with Crippen molar-refractivity contribution in [3.8, 4) is 5.75 Å². The van der Waals surface area contributed by atoms with E-state index < -0.39 is 0 Å². The predicted molar refractivity (Wildman–Crippen MR) is 101 cm³/mol. The zero-order valence-electron chi connectivity index (χ0n) is 15.7. The summed E-state index contributed by atoms with van der Waals surface area (Å²) in [6, 6.07) is 8.30. The van der Waals surface area contributed by atoms with Crippen LogP contribution < -0.4 is 4.74 Å². The van der Waals surface area contributed by atoms with E-state index in [-0.39, 0.29) is 5.92 Å². The zero-order valence-corrected chi connectivity index (χ0v) is 15.7. The highest BCUT2D eigenvalue weighted by atomic mass is 16.5. The fourth-order valence-corrected chi connectivity index (χ4v) is 4.00. The first-order valence-corrected chi connectivity index (χ1v) is 9.89. The lowest BCUT2D eigenvalue weighted by Crippen LogP contribution is -2.45. The SMILES string of the molecule is CCOc1ccccc1CN1CCC(C(=O)N2CCC(C)CC2)CC1. The van der Waals surface area contributed by atoms with Gasteiger partial charge in [0, 0.05) is 31.1 Å². The fourth-order valence-electron chi connectivity index (χ4n) is 4.00. The van der Waals surface area contributed by atoms with Crippen molar-refractivity contribution in [2.45, 2.75) is 46.1 Å². The molecule has 0 radical (unpaired) electrons. The van der Waals surface area contributed by atoms with Gasteiger partial charge in [0.2, 0.25) is 5.91 Å². The molecule has 0 saturated carbocycles. The van der Waals surface area contributed by atoms with Crippen LogP contribution in [0.5, 0.6) is 5.75 Å². The number of nitrogens with zero attached hydrogens (tertiary/aromatic N) is 2. The highest BCUT2D eigenvalue weighted by molar-refractivity contribution is 5.79. The number of rotatable bonds is 5. The second-order valence-corrected chi connectivity index (χ2v) is 7.60. The van der Waals surface area contributed by atoms with E-state index in [0.717, 1.165) is 57.2 Å². The van der Waals surface area contributed by atoms with Crippen molar-refractivity contribution in [3.05, 3.63) is 29.8 Å². The lowest BCUT2D eigenvalue weighted by Gasteiger charge is -2.36. The van der Waals surface area contributed by atoms with Crippen LogP contribution in [0.2, 0.25) is 0 Å². The molecule has 25 heavy (non-hydrogen) atoms. The number of amides is 1. The first-order valence-electron chi connectivity index (χ1n) is 9.89. The lowest BCUT2D eigenvalue weighted by atomic mass is 9.92. The summed E-state index contributed by atoms with van der Waals surface area (Å²) in [5, 5.41) is 0. The molecule has 4 nitrogen and oxygen atoms in total. The molecule has 4 heteroatoms. The summed E-state index contributed by atoms with van der Waals surface area (Å²) >= 11 is 0. The maximum absolute atomic E-state index is 12.8. The molecule has 1 aromatic carbocycles. The summed E-state index contributed by atoms with van der Waals surface area (Å²) in [4.78, 5) is 17.3. The Morgan fingerprint density at radius 2 is 1.76 bits per heavy atom. The second kappa shape index (κ2) is 8.70. The van der Waals surface area contributed by atoms with Gasteiger partial charge in [-0.1, -0.05) is 25.1 Å². The van der Waals surface area contributed by atoms with Gasteiger partial charge in [-0.25, -0.2) is 0 Å². The molecule has 1 amide bonds. The number of para-hydroxylation sites is 1. The molecule has 0 aromatic heterocycles. The molecule has 138 valence electrons. The molecule has 0 spiro atoms. The molecular weight excluding hydrogens is 312 g/mol. The number of hydrogen-bond acceptors (Lipinski definition) is 3. The minimum absolute atomic E-state index is 0.229. The molecule has 0 atom stereocenters. The van der Waals surface area contributed by atoms with Crippen LogP contribution in [0.15, 0.2) is 24.3 Å². The first-order chi connectivity index (χ1) is 12.2. The third-order valence-electron chi connectivity index (χ3n) is 5.70. The normalized spacial score (nSPS) is 20.6. The molecule has 2 aliphatic heterocycles. The summed E-state index contributed by atoms with van der Waals surface area (Å²) in [5.74, 6) is 2.40. The number of likely N-dealkylation sites (tertiary alicyclic amines) is 2. The Morgan fingerprint density at radius 1 is 1.08 bits per heavy atom. The quantitative estimate of drug-likeness (QED) is 0.819. The molecule has 0 unspecified atom stereocenters. The maximum Gasteiger partial charge on any atom is 0.225 e. The van der Waals surface area contributed by atoms with Gasteiger partial charge in [-0.3, -0.25) is 9.69 Å². The number of carbonyl (C=O) groups is 1. The highest BCUT2D eigenvalue weighted by Gasteiger charge is 2.30. The number of ether oxygens (including phenoxy) is 1. The van der Waals surface area contributed by atoms with Gasteiger partial charge < -0.3 is 9.64 Å². The van der Waals surface area contributed by atoms with Crippen LogP contribution in [0.4, 0.5) is 0 Å². The largest absolute Gasteiger partial charge is 0.494 e. The van der Waals surface area contributed by atoms with Gasteiger partial charge in [0.05, 0.1) is 6.61 Å². The van der Waals surface area contributed by atoms with Crippen LogP contribution in [0.1, 0.15) is 45.1 Å². The Hall–Kier alpha value is -1.55. The molecule has 0 N–H and O–H groups in total. The summed E-state index contributed by atoms with van der Waals surface area (Å²) < 4.78 is 5.74. The predicted octanol–water partition coefficient (Wildman–Crippen LogP) is 3.56. The Kier molecular flexibility index (Phi) is 6.35. The molecule has 2 fully saturated rings. The lowest BCUT2D eigenvalue weighted by molar-refractivity contribution is -0.138. The number of hydrogen-bond donors (Lipinski definition) is 0. The van der Waals surface area contributed by atoms with Crippen LogP contribution in [0.25, 0.3) is 0 Å². The minimum atomic E-state index is 0.229. The Labute approximate surface area is 152 Å². The van der Waals surface area contributed by atoms with Gasteiger partial charge in [0.15, 0.2) is 0 Å². The highest BCUT2D eigenvalue weighted by Crippen LogP contribution is 2.26. The van der Waals surface area contributed by atoms with Crippen LogP contribution in [0.3, 0.4) is 0 Å².